The van der Waals surface area contributed by atoms with E-state index in [0.29, 0.717) is 5.41 Å². The summed E-state index contributed by atoms with van der Waals surface area (Å²) < 4.78 is 6.65. The number of hydrogen-bond donors (Lipinski definition) is 0. The van der Waals surface area contributed by atoms with Crippen molar-refractivity contribution in [1.29, 1.82) is 0 Å². The van der Waals surface area contributed by atoms with Crippen molar-refractivity contribution in [3.05, 3.63) is 234 Å². The fraction of sp³-hybridized carbons (Fsp3) is 0.169. The second-order valence-electron chi connectivity index (χ2n) is 20.6. The van der Waals surface area contributed by atoms with Gasteiger partial charge in [-0.2, -0.15) is 0 Å². The zero-order valence-electron chi connectivity index (χ0n) is 37.9. The minimum atomic E-state index is -0.494. The minimum absolute atomic E-state index is 0.315. The molecule has 68 heavy (non-hydrogen) atoms. The lowest BCUT2D eigenvalue weighted by atomic mass is 9.48. The zero-order valence-corrected chi connectivity index (χ0v) is 38.7. The van der Waals surface area contributed by atoms with Crippen LogP contribution >= 0.6 is 11.8 Å². The summed E-state index contributed by atoms with van der Waals surface area (Å²) in [6.45, 7) is 0. The van der Waals surface area contributed by atoms with Gasteiger partial charge in [-0.15, -0.1) is 0 Å². The highest BCUT2D eigenvalue weighted by atomic mass is 32.2. The number of rotatable bonds is 6. The standard InChI is InChI=1S/C65H49NOS/c1-2-12-44(13-3-1)45-24-28-48(29-25-45)66(49-30-31-53-52-16-6-10-20-59(52)67-60(53)37-49)58-33-32-57-63(62(58)46-22-26-47(27-23-46)64-38-41-34-42(39-64)36-43(35-41)40-64)68-61-21-11-9-19-56(61)65(57)54-17-7-4-14-50(54)51-15-5-8-18-55(51)65/h1-33,37,41-43H,34-36,38-40H2. The van der Waals surface area contributed by atoms with Crippen molar-refractivity contribution in [3.8, 4) is 33.4 Å². The highest BCUT2D eigenvalue weighted by molar-refractivity contribution is 7.99. The van der Waals surface area contributed by atoms with Gasteiger partial charge in [0.2, 0.25) is 0 Å². The Morgan fingerprint density at radius 3 is 1.74 bits per heavy atom. The summed E-state index contributed by atoms with van der Waals surface area (Å²) in [5, 5.41) is 2.27. The van der Waals surface area contributed by atoms with E-state index in [-0.39, 0.29) is 0 Å². The largest absolute Gasteiger partial charge is 0.456 e. The number of nitrogens with zero attached hydrogens (tertiary/aromatic N) is 1. The normalized spacial score (nSPS) is 21.1. The monoisotopic (exact) mass is 891 g/mol. The van der Waals surface area contributed by atoms with Crippen LogP contribution in [0, 0.1) is 17.8 Å². The second-order valence-corrected chi connectivity index (χ2v) is 21.6. The molecular weight excluding hydrogens is 843 g/mol. The van der Waals surface area contributed by atoms with Crippen molar-refractivity contribution in [2.24, 2.45) is 17.8 Å². The third-order valence-corrected chi connectivity index (χ3v) is 18.1. The second kappa shape index (κ2) is 14.7. The third-order valence-electron chi connectivity index (χ3n) is 16.9. The summed E-state index contributed by atoms with van der Waals surface area (Å²) in [6.07, 6.45) is 8.42. The third kappa shape index (κ3) is 5.60. The Kier molecular flexibility index (Phi) is 8.43. The molecular formula is C65H49NOS. The fourth-order valence-electron chi connectivity index (χ4n) is 14.5. The molecule has 0 saturated heterocycles. The van der Waals surface area contributed by atoms with Crippen LogP contribution < -0.4 is 4.90 Å². The first-order valence-electron chi connectivity index (χ1n) is 24.7. The number of fused-ring (bicyclic) bond motifs is 12. The van der Waals surface area contributed by atoms with Crippen LogP contribution in [0.25, 0.3) is 55.3 Å². The first-order valence-corrected chi connectivity index (χ1v) is 25.6. The van der Waals surface area contributed by atoms with Crippen LogP contribution in [0.4, 0.5) is 17.1 Å². The number of furan rings is 1. The van der Waals surface area contributed by atoms with Crippen molar-refractivity contribution >= 4 is 50.8 Å². The minimum Gasteiger partial charge on any atom is -0.456 e. The number of hydrogen-bond acceptors (Lipinski definition) is 3. The molecule has 5 aliphatic carbocycles. The molecule has 0 unspecified atom stereocenters. The Morgan fingerprint density at radius 2 is 1.01 bits per heavy atom. The average Bonchev–Trinajstić information content (AvgIpc) is 3.90. The van der Waals surface area contributed by atoms with Gasteiger partial charge in [0.15, 0.2) is 0 Å². The van der Waals surface area contributed by atoms with Crippen molar-refractivity contribution < 1.29 is 4.42 Å². The topological polar surface area (TPSA) is 16.4 Å². The molecule has 9 aromatic carbocycles. The molecule has 16 rings (SSSR count). The number of anilines is 3. The quantitative estimate of drug-likeness (QED) is 0.165. The van der Waals surface area contributed by atoms with E-state index in [1.54, 1.807) is 5.56 Å². The lowest BCUT2D eigenvalue weighted by Gasteiger charge is -2.57. The average molecular weight is 892 g/mol. The van der Waals surface area contributed by atoms with Crippen molar-refractivity contribution in [1.82, 2.24) is 0 Å². The summed E-state index contributed by atoms with van der Waals surface area (Å²) >= 11 is 1.95. The Labute approximate surface area is 402 Å². The summed E-state index contributed by atoms with van der Waals surface area (Å²) in [4.78, 5) is 5.11. The van der Waals surface area contributed by atoms with Gasteiger partial charge in [-0.25, -0.2) is 0 Å². The van der Waals surface area contributed by atoms with Gasteiger partial charge < -0.3 is 9.32 Å². The summed E-state index contributed by atoms with van der Waals surface area (Å²) in [6, 6.07) is 77.7. The zero-order chi connectivity index (χ0) is 44.6. The Balaban J connectivity index is 1.00. The van der Waals surface area contributed by atoms with Gasteiger partial charge in [0.1, 0.15) is 11.2 Å². The van der Waals surface area contributed by atoms with Crippen LogP contribution in [0.2, 0.25) is 0 Å². The lowest BCUT2D eigenvalue weighted by Crippen LogP contribution is -2.48. The van der Waals surface area contributed by atoms with Gasteiger partial charge in [-0.05, 0) is 160 Å². The molecule has 6 aliphatic rings. The van der Waals surface area contributed by atoms with E-state index >= 15 is 0 Å². The molecule has 4 saturated carbocycles. The predicted octanol–water partition coefficient (Wildman–Crippen LogP) is 17.7. The van der Waals surface area contributed by atoms with E-state index in [1.807, 2.05) is 11.8 Å². The van der Waals surface area contributed by atoms with Crippen molar-refractivity contribution in [2.45, 2.75) is 59.1 Å². The Bertz CT molecular complexity index is 3560. The fourth-order valence-corrected chi connectivity index (χ4v) is 15.9. The van der Waals surface area contributed by atoms with E-state index in [4.69, 9.17) is 4.42 Å². The number of benzene rings is 9. The van der Waals surface area contributed by atoms with Crippen LogP contribution in [0.1, 0.15) is 66.3 Å². The van der Waals surface area contributed by atoms with Gasteiger partial charge >= 0.3 is 0 Å². The van der Waals surface area contributed by atoms with Gasteiger partial charge in [-0.1, -0.05) is 169 Å². The Morgan fingerprint density at radius 1 is 0.441 bits per heavy atom. The molecule has 2 heterocycles. The summed E-state index contributed by atoms with van der Waals surface area (Å²) in [5.41, 5.74) is 19.4. The highest BCUT2D eigenvalue weighted by Gasteiger charge is 2.53. The van der Waals surface area contributed by atoms with Crippen LogP contribution in [0.3, 0.4) is 0 Å². The molecule has 1 aliphatic heterocycles. The highest BCUT2D eigenvalue weighted by Crippen LogP contribution is 2.65. The van der Waals surface area contributed by atoms with Gasteiger partial charge in [0.25, 0.3) is 0 Å². The molecule has 1 aromatic heterocycles. The van der Waals surface area contributed by atoms with Gasteiger partial charge in [0, 0.05) is 43.6 Å². The van der Waals surface area contributed by atoms with Crippen LogP contribution in [-0.4, -0.2) is 0 Å². The maximum atomic E-state index is 6.65. The molecule has 1 spiro atoms. The summed E-state index contributed by atoms with van der Waals surface area (Å²) in [7, 11) is 0. The molecule has 0 radical (unpaired) electrons. The van der Waals surface area contributed by atoms with Crippen LogP contribution in [-0.2, 0) is 10.8 Å². The summed E-state index contributed by atoms with van der Waals surface area (Å²) in [5.74, 6) is 2.68. The van der Waals surface area contributed by atoms with E-state index in [1.165, 1.54) is 104 Å². The van der Waals surface area contributed by atoms with E-state index < -0.39 is 5.41 Å². The van der Waals surface area contributed by atoms with E-state index in [0.717, 1.165) is 56.8 Å². The molecule has 10 aromatic rings. The molecule has 0 atom stereocenters. The van der Waals surface area contributed by atoms with Crippen molar-refractivity contribution in [3.63, 3.8) is 0 Å². The predicted molar refractivity (Wildman–Crippen MR) is 281 cm³/mol. The van der Waals surface area contributed by atoms with Crippen LogP contribution in [0.15, 0.2) is 220 Å². The SMILES string of the molecule is c1ccc(-c2ccc(N(c3ccc4c(c3)oc3ccccc34)c3ccc4c(c3-c3ccc(C56CC7CC(CC(C7)C5)C6)cc3)Sc3ccccc3C43c4ccccc4-c4ccccc43)cc2)cc1. The first-order chi connectivity index (χ1) is 33.6. The molecule has 326 valence electrons. The smallest absolute Gasteiger partial charge is 0.137 e. The maximum absolute atomic E-state index is 6.65. The van der Waals surface area contributed by atoms with Crippen molar-refractivity contribution in [2.75, 3.05) is 4.90 Å². The first kappa shape index (κ1) is 39.0. The van der Waals surface area contributed by atoms with Gasteiger partial charge in [0.05, 0.1) is 11.1 Å². The molecule has 2 nitrogen and oxygen atoms in total. The Hall–Kier alpha value is -7.07. The molecule has 0 N–H and O–H groups in total. The molecule has 4 fully saturated rings. The molecule has 0 amide bonds. The lowest BCUT2D eigenvalue weighted by molar-refractivity contribution is -0.00518. The molecule has 4 bridgehead atoms. The van der Waals surface area contributed by atoms with Gasteiger partial charge in [-0.3, -0.25) is 0 Å². The maximum Gasteiger partial charge on any atom is 0.137 e. The van der Waals surface area contributed by atoms with E-state index in [2.05, 4.69) is 211 Å². The van der Waals surface area contributed by atoms with E-state index in [9.17, 15) is 0 Å². The molecule has 3 heteroatoms. The van der Waals surface area contributed by atoms with Crippen LogP contribution in [0.5, 0.6) is 0 Å². The number of para-hydroxylation sites is 1.